The SMILES string of the molecule is O=C(OCCCCNc1ccc(-n2cc(C3CC3)cn2)nc1)c1ccccc1. The fourth-order valence-corrected chi connectivity index (χ4v) is 3.00. The van der Waals surface area contributed by atoms with E-state index in [2.05, 4.69) is 21.6 Å². The molecule has 0 radical (unpaired) electrons. The van der Waals surface area contributed by atoms with E-state index in [0.717, 1.165) is 30.9 Å². The zero-order chi connectivity index (χ0) is 19.2. The number of nitrogens with zero attached hydrogens (tertiary/aromatic N) is 3. The van der Waals surface area contributed by atoms with Crippen LogP contribution in [0.15, 0.2) is 61.1 Å². The highest BCUT2D eigenvalue weighted by Crippen LogP contribution is 2.39. The monoisotopic (exact) mass is 376 g/mol. The van der Waals surface area contributed by atoms with E-state index < -0.39 is 0 Å². The summed E-state index contributed by atoms with van der Waals surface area (Å²) in [6.07, 6.45) is 10.1. The number of ether oxygens (including phenoxy) is 1. The van der Waals surface area contributed by atoms with E-state index in [1.54, 1.807) is 12.1 Å². The lowest BCUT2D eigenvalue weighted by Gasteiger charge is -2.08. The van der Waals surface area contributed by atoms with Crippen LogP contribution in [0.1, 0.15) is 47.5 Å². The number of hydrogen-bond donors (Lipinski definition) is 1. The van der Waals surface area contributed by atoms with Crippen LogP contribution >= 0.6 is 0 Å². The molecule has 0 bridgehead atoms. The van der Waals surface area contributed by atoms with Crippen molar-refractivity contribution in [2.45, 2.75) is 31.6 Å². The van der Waals surface area contributed by atoms with E-state index in [1.165, 1.54) is 18.4 Å². The summed E-state index contributed by atoms with van der Waals surface area (Å²) in [6.45, 7) is 1.23. The Morgan fingerprint density at radius 3 is 2.71 bits per heavy atom. The third-order valence-electron chi connectivity index (χ3n) is 4.78. The van der Waals surface area contributed by atoms with Gasteiger partial charge in [-0.25, -0.2) is 14.5 Å². The molecule has 28 heavy (non-hydrogen) atoms. The molecular formula is C22H24N4O2. The molecule has 1 N–H and O–H groups in total. The van der Waals surface area contributed by atoms with Gasteiger partial charge in [-0.15, -0.1) is 0 Å². The molecule has 0 saturated heterocycles. The molecule has 2 aromatic heterocycles. The van der Waals surface area contributed by atoms with Crippen LogP contribution in [0, 0.1) is 0 Å². The van der Waals surface area contributed by atoms with E-state index in [4.69, 9.17) is 4.74 Å². The van der Waals surface area contributed by atoms with Crippen LogP contribution in [0.3, 0.4) is 0 Å². The van der Waals surface area contributed by atoms with Crippen LogP contribution in [0.2, 0.25) is 0 Å². The highest BCUT2D eigenvalue weighted by molar-refractivity contribution is 5.89. The minimum Gasteiger partial charge on any atom is -0.462 e. The molecule has 3 aromatic rings. The van der Waals surface area contributed by atoms with E-state index in [9.17, 15) is 4.79 Å². The van der Waals surface area contributed by atoms with E-state index in [1.807, 2.05) is 47.4 Å². The number of aromatic nitrogens is 3. The summed E-state index contributed by atoms with van der Waals surface area (Å²) in [5.74, 6) is 1.25. The number of anilines is 1. The van der Waals surface area contributed by atoms with Gasteiger partial charge < -0.3 is 10.1 Å². The Morgan fingerprint density at radius 2 is 1.96 bits per heavy atom. The number of pyridine rings is 1. The Labute approximate surface area is 164 Å². The summed E-state index contributed by atoms with van der Waals surface area (Å²) in [7, 11) is 0. The lowest BCUT2D eigenvalue weighted by atomic mass is 10.2. The first-order valence-electron chi connectivity index (χ1n) is 9.76. The van der Waals surface area contributed by atoms with Gasteiger partial charge in [0.05, 0.1) is 30.3 Å². The van der Waals surface area contributed by atoms with Crippen molar-refractivity contribution >= 4 is 11.7 Å². The molecule has 0 amide bonds. The van der Waals surface area contributed by atoms with Crippen molar-refractivity contribution < 1.29 is 9.53 Å². The zero-order valence-electron chi connectivity index (χ0n) is 15.8. The number of carbonyl (C=O) groups excluding carboxylic acids is 1. The summed E-state index contributed by atoms with van der Waals surface area (Å²) in [6, 6.07) is 13.0. The average Bonchev–Trinajstić information content (AvgIpc) is 3.48. The highest BCUT2D eigenvalue weighted by atomic mass is 16.5. The van der Waals surface area contributed by atoms with Crippen molar-refractivity contribution in [2.75, 3.05) is 18.5 Å². The van der Waals surface area contributed by atoms with Gasteiger partial charge in [-0.3, -0.25) is 0 Å². The Kier molecular flexibility index (Phi) is 5.66. The maximum absolute atomic E-state index is 11.8. The molecule has 1 saturated carbocycles. The number of nitrogens with one attached hydrogen (secondary N) is 1. The van der Waals surface area contributed by atoms with Gasteiger partial charge in [-0.2, -0.15) is 5.10 Å². The molecule has 6 heteroatoms. The molecule has 0 aliphatic heterocycles. The van der Waals surface area contributed by atoms with E-state index in [-0.39, 0.29) is 5.97 Å². The average molecular weight is 376 g/mol. The van der Waals surface area contributed by atoms with Gasteiger partial charge >= 0.3 is 5.97 Å². The maximum Gasteiger partial charge on any atom is 0.338 e. The third-order valence-corrected chi connectivity index (χ3v) is 4.78. The highest BCUT2D eigenvalue weighted by Gasteiger charge is 2.24. The number of benzene rings is 1. The predicted octanol–water partition coefficient (Wildman–Crippen LogP) is 4.19. The van der Waals surface area contributed by atoms with Gasteiger partial charge in [-0.05, 0) is 61.4 Å². The summed E-state index contributed by atoms with van der Waals surface area (Å²) in [5.41, 5.74) is 2.87. The van der Waals surface area contributed by atoms with Gasteiger partial charge in [0.25, 0.3) is 0 Å². The first kappa shape index (κ1) is 18.2. The zero-order valence-corrected chi connectivity index (χ0v) is 15.8. The molecule has 0 unspecified atom stereocenters. The molecule has 4 rings (SSSR count). The largest absolute Gasteiger partial charge is 0.462 e. The number of hydrogen-bond acceptors (Lipinski definition) is 5. The Balaban J connectivity index is 1.15. The number of carbonyl (C=O) groups is 1. The number of unbranched alkanes of at least 4 members (excludes halogenated alkanes) is 1. The van der Waals surface area contributed by atoms with Crippen LogP contribution in [0.5, 0.6) is 0 Å². The number of rotatable bonds is 9. The van der Waals surface area contributed by atoms with Crippen LogP contribution in [0.4, 0.5) is 5.69 Å². The van der Waals surface area contributed by atoms with Gasteiger partial charge in [0, 0.05) is 12.7 Å². The third kappa shape index (κ3) is 4.76. The molecule has 6 nitrogen and oxygen atoms in total. The smallest absolute Gasteiger partial charge is 0.338 e. The van der Waals surface area contributed by atoms with Gasteiger partial charge in [0.2, 0.25) is 0 Å². The van der Waals surface area contributed by atoms with Crippen molar-refractivity contribution in [1.29, 1.82) is 0 Å². The van der Waals surface area contributed by atoms with Crippen LogP contribution in [-0.2, 0) is 4.74 Å². The second kappa shape index (κ2) is 8.69. The lowest BCUT2D eigenvalue weighted by Crippen LogP contribution is -2.08. The number of esters is 1. The Hall–Kier alpha value is -3.15. The van der Waals surface area contributed by atoms with Gasteiger partial charge in [0.1, 0.15) is 0 Å². The molecule has 2 heterocycles. The normalized spacial score (nSPS) is 13.3. The van der Waals surface area contributed by atoms with Crippen LogP contribution in [-0.4, -0.2) is 33.9 Å². The van der Waals surface area contributed by atoms with Crippen molar-refractivity contribution in [2.24, 2.45) is 0 Å². The minimum absolute atomic E-state index is 0.267. The van der Waals surface area contributed by atoms with E-state index in [0.29, 0.717) is 18.1 Å². The van der Waals surface area contributed by atoms with Crippen molar-refractivity contribution in [3.63, 3.8) is 0 Å². The van der Waals surface area contributed by atoms with Crippen molar-refractivity contribution in [1.82, 2.24) is 14.8 Å². The summed E-state index contributed by atoms with van der Waals surface area (Å²) >= 11 is 0. The molecule has 1 aliphatic rings. The van der Waals surface area contributed by atoms with Gasteiger partial charge in [0.15, 0.2) is 5.82 Å². The second-order valence-corrected chi connectivity index (χ2v) is 7.03. The predicted molar refractivity (Wildman–Crippen MR) is 108 cm³/mol. The summed E-state index contributed by atoms with van der Waals surface area (Å²) in [5, 5.41) is 7.75. The molecule has 0 atom stereocenters. The molecule has 1 aliphatic carbocycles. The summed E-state index contributed by atoms with van der Waals surface area (Å²) in [4.78, 5) is 16.3. The fraction of sp³-hybridized carbons (Fsp3) is 0.318. The minimum atomic E-state index is -0.267. The summed E-state index contributed by atoms with van der Waals surface area (Å²) < 4.78 is 7.11. The van der Waals surface area contributed by atoms with Crippen molar-refractivity contribution in [3.05, 3.63) is 72.2 Å². The van der Waals surface area contributed by atoms with Gasteiger partial charge in [-0.1, -0.05) is 18.2 Å². The second-order valence-electron chi connectivity index (χ2n) is 7.03. The first-order chi connectivity index (χ1) is 13.8. The molecular weight excluding hydrogens is 352 g/mol. The Morgan fingerprint density at radius 1 is 1.11 bits per heavy atom. The molecule has 144 valence electrons. The Bertz CT molecular complexity index is 902. The topological polar surface area (TPSA) is 69.0 Å². The molecule has 0 spiro atoms. The van der Waals surface area contributed by atoms with Crippen LogP contribution < -0.4 is 5.32 Å². The first-order valence-corrected chi connectivity index (χ1v) is 9.76. The maximum atomic E-state index is 11.8. The van der Waals surface area contributed by atoms with E-state index >= 15 is 0 Å². The molecule has 1 fully saturated rings. The standard InChI is InChI=1S/C22H24N4O2/c27-22(18-6-2-1-3-7-18)28-13-5-4-12-23-20-10-11-21(24-15-20)26-16-19(14-25-26)17-8-9-17/h1-3,6-7,10-11,14-17,23H,4-5,8-9,12-13H2. The lowest BCUT2D eigenvalue weighted by molar-refractivity contribution is 0.0499. The molecule has 1 aromatic carbocycles. The van der Waals surface area contributed by atoms with Crippen LogP contribution in [0.25, 0.3) is 5.82 Å². The quantitative estimate of drug-likeness (QED) is 0.448. The van der Waals surface area contributed by atoms with Crippen molar-refractivity contribution in [3.8, 4) is 5.82 Å². The fourth-order valence-electron chi connectivity index (χ4n) is 3.00.